The largest absolute Gasteiger partial charge is 0.471 e. The summed E-state index contributed by atoms with van der Waals surface area (Å²) in [5.74, 6) is -1.94. The summed E-state index contributed by atoms with van der Waals surface area (Å²) >= 11 is 11.6. The number of benzene rings is 2. The van der Waals surface area contributed by atoms with Crippen LogP contribution in [0, 0.1) is 6.07 Å². The molecule has 1 radical (unpaired) electrons. The molecule has 5 nitrogen and oxygen atoms in total. The molecule has 0 aliphatic carbocycles. The number of sulfone groups is 1. The van der Waals surface area contributed by atoms with Crippen LogP contribution >= 0.6 is 23.2 Å². The normalized spacial score (nSPS) is 12.3. The van der Waals surface area contributed by atoms with E-state index in [1.165, 1.54) is 24.3 Å². The van der Waals surface area contributed by atoms with E-state index in [0.717, 1.165) is 12.1 Å². The van der Waals surface area contributed by atoms with Crippen molar-refractivity contribution in [3.63, 3.8) is 0 Å². The van der Waals surface area contributed by atoms with Gasteiger partial charge >= 0.3 is 12.1 Å². The fourth-order valence-corrected chi connectivity index (χ4v) is 3.61. The summed E-state index contributed by atoms with van der Waals surface area (Å²) in [4.78, 5) is 2.78. The van der Waals surface area contributed by atoms with E-state index in [4.69, 9.17) is 23.2 Å². The summed E-state index contributed by atoms with van der Waals surface area (Å²) < 4.78 is 67.1. The zero-order valence-corrected chi connectivity index (χ0v) is 14.7. The van der Waals surface area contributed by atoms with Crippen LogP contribution < -0.4 is 0 Å². The van der Waals surface area contributed by atoms with Crippen molar-refractivity contribution in [3.05, 3.63) is 58.4 Å². The number of hydrogen-bond donors (Lipinski definition) is 0. The third kappa shape index (κ3) is 3.55. The Morgan fingerprint density at radius 3 is 2.42 bits per heavy atom. The topological polar surface area (TPSA) is 73.1 Å². The molecule has 11 heteroatoms. The van der Waals surface area contributed by atoms with Gasteiger partial charge in [0.25, 0.3) is 0 Å². The first-order chi connectivity index (χ1) is 12.1. The van der Waals surface area contributed by atoms with Gasteiger partial charge in [0.2, 0.25) is 15.7 Å². The molecule has 0 unspecified atom stereocenters. The molecule has 0 N–H and O–H groups in total. The van der Waals surface area contributed by atoms with Gasteiger partial charge in [-0.15, -0.1) is 0 Å². The second-order valence-corrected chi connectivity index (χ2v) is 7.67. The minimum absolute atomic E-state index is 0.0154. The van der Waals surface area contributed by atoms with E-state index >= 15 is 0 Å². The van der Waals surface area contributed by atoms with Crippen LogP contribution in [0.25, 0.3) is 11.4 Å². The number of alkyl halides is 3. The van der Waals surface area contributed by atoms with Crippen LogP contribution in [0.15, 0.2) is 50.7 Å². The molecular formula is C15H6Cl2F3N2O3S. The van der Waals surface area contributed by atoms with E-state index in [1.807, 2.05) is 0 Å². The van der Waals surface area contributed by atoms with Gasteiger partial charge in [0.05, 0.1) is 19.8 Å². The summed E-state index contributed by atoms with van der Waals surface area (Å²) in [6.45, 7) is 0. The van der Waals surface area contributed by atoms with Gasteiger partial charge in [-0.2, -0.15) is 18.2 Å². The Morgan fingerprint density at radius 2 is 1.81 bits per heavy atom. The highest BCUT2D eigenvalue weighted by Gasteiger charge is 2.38. The number of halogens is 5. The van der Waals surface area contributed by atoms with Crippen molar-refractivity contribution in [1.82, 2.24) is 10.1 Å². The Balaban J connectivity index is 2.04. The quantitative estimate of drug-likeness (QED) is 0.612. The van der Waals surface area contributed by atoms with E-state index in [1.54, 1.807) is 0 Å². The fraction of sp³-hybridized carbons (Fsp3) is 0.0667. The molecule has 0 saturated carbocycles. The zero-order chi connectivity index (χ0) is 19.1. The van der Waals surface area contributed by atoms with Gasteiger partial charge in [-0.1, -0.05) is 40.5 Å². The third-order valence-corrected chi connectivity index (χ3v) is 5.62. The Kier molecular flexibility index (Phi) is 4.72. The van der Waals surface area contributed by atoms with Crippen molar-refractivity contribution in [2.75, 3.05) is 0 Å². The van der Waals surface area contributed by atoms with Crippen LogP contribution in [-0.2, 0) is 16.0 Å². The van der Waals surface area contributed by atoms with Crippen LogP contribution in [0.1, 0.15) is 5.89 Å². The predicted octanol–water partition coefficient (Wildman–Crippen LogP) is 4.70. The second-order valence-electron chi connectivity index (χ2n) is 4.94. The van der Waals surface area contributed by atoms with E-state index in [2.05, 4.69) is 20.7 Å². The minimum Gasteiger partial charge on any atom is -0.329 e. The molecule has 0 atom stereocenters. The lowest BCUT2D eigenvalue weighted by atomic mass is 10.2. The predicted molar refractivity (Wildman–Crippen MR) is 85.5 cm³/mol. The Hall–Kier alpha value is -2.10. The SMILES string of the molecule is O=S(=O)(c1[c]ccc(-c2noc(C(F)(F)F)n2)c1)c1ccc(Cl)c(Cl)c1. The molecule has 0 amide bonds. The molecule has 0 bridgehead atoms. The average molecular weight is 422 g/mol. The first kappa shape index (κ1) is 18.7. The first-order valence-electron chi connectivity index (χ1n) is 6.72. The molecule has 0 saturated heterocycles. The van der Waals surface area contributed by atoms with Crippen LogP contribution in [0.3, 0.4) is 0 Å². The maximum absolute atomic E-state index is 12.7. The third-order valence-electron chi connectivity index (χ3n) is 3.19. The summed E-state index contributed by atoms with van der Waals surface area (Å²) in [6, 6.07) is 9.86. The molecular weight excluding hydrogens is 416 g/mol. The molecule has 1 aromatic heterocycles. The molecule has 0 aliphatic heterocycles. The van der Waals surface area contributed by atoms with E-state index in [-0.39, 0.29) is 25.4 Å². The smallest absolute Gasteiger partial charge is 0.329 e. The van der Waals surface area contributed by atoms with Crippen LogP contribution in [0.2, 0.25) is 10.0 Å². The lowest BCUT2D eigenvalue weighted by Gasteiger charge is -2.06. The highest BCUT2D eigenvalue weighted by Crippen LogP contribution is 2.31. The molecule has 135 valence electrons. The molecule has 3 rings (SSSR count). The van der Waals surface area contributed by atoms with E-state index in [9.17, 15) is 21.6 Å². The van der Waals surface area contributed by atoms with Gasteiger partial charge in [-0.05, 0) is 24.3 Å². The Bertz CT molecular complexity index is 1080. The van der Waals surface area contributed by atoms with Crippen molar-refractivity contribution in [1.29, 1.82) is 0 Å². The van der Waals surface area contributed by atoms with Gasteiger partial charge in [-0.25, -0.2) is 8.42 Å². The molecule has 0 aliphatic rings. The lowest BCUT2D eigenvalue weighted by molar-refractivity contribution is -0.159. The Labute approximate surface area is 155 Å². The molecule has 3 aromatic rings. The highest BCUT2D eigenvalue weighted by atomic mass is 35.5. The average Bonchev–Trinajstić information content (AvgIpc) is 3.08. The summed E-state index contributed by atoms with van der Waals surface area (Å²) in [5, 5.41) is 3.44. The van der Waals surface area contributed by atoms with Crippen LogP contribution in [0.5, 0.6) is 0 Å². The molecule has 26 heavy (non-hydrogen) atoms. The summed E-state index contributed by atoms with van der Waals surface area (Å²) in [6.07, 6.45) is -4.80. The van der Waals surface area contributed by atoms with E-state index in [0.29, 0.717) is 0 Å². The minimum atomic E-state index is -4.80. The monoisotopic (exact) mass is 421 g/mol. The van der Waals surface area contributed by atoms with Crippen molar-refractivity contribution < 1.29 is 26.1 Å². The first-order valence-corrected chi connectivity index (χ1v) is 8.96. The van der Waals surface area contributed by atoms with Crippen LogP contribution in [-0.4, -0.2) is 18.6 Å². The number of hydrogen-bond acceptors (Lipinski definition) is 5. The maximum Gasteiger partial charge on any atom is 0.471 e. The zero-order valence-electron chi connectivity index (χ0n) is 12.4. The molecule has 0 spiro atoms. The molecule has 1 heterocycles. The molecule has 0 fully saturated rings. The second kappa shape index (κ2) is 6.57. The van der Waals surface area contributed by atoms with Gasteiger partial charge in [0.15, 0.2) is 0 Å². The number of aromatic nitrogens is 2. The molecule has 2 aromatic carbocycles. The van der Waals surface area contributed by atoms with Gasteiger partial charge in [-0.3, -0.25) is 0 Å². The standard InChI is InChI=1S/C15H6Cl2F3N2O3S/c16-11-5-4-10(7-12(11)17)26(23,24)9-3-1-2-8(6-9)13-21-14(25-22-13)15(18,19)20/h1-2,4-7H. The highest BCUT2D eigenvalue weighted by molar-refractivity contribution is 7.91. The fourth-order valence-electron chi connectivity index (χ4n) is 1.97. The van der Waals surface area contributed by atoms with Gasteiger partial charge in [0.1, 0.15) is 0 Å². The van der Waals surface area contributed by atoms with Crippen LogP contribution in [0.4, 0.5) is 13.2 Å². The van der Waals surface area contributed by atoms with Crippen molar-refractivity contribution in [2.45, 2.75) is 16.0 Å². The Morgan fingerprint density at radius 1 is 1.08 bits per heavy atom. The summed E-state index contributed by atoms with van der Waals surface area (Å²) in [5.41, 5.74) is 0.0154. The lowest BCUT2D eigenvalue weighted by Crippen LogP contribution is -2.05. The number of rotatable bonds is 3. The van der Waals surface area contributed by atoms with Gasteiger partial charge < -0.3 is 4.52 Å². The van der Waals surface area contributed by atoms with Crippen molar-refractivity contribution in [3.8, 4) is 11.4 Å². The number of nitrogens with zero attached hydrogens (tertiary/aromatic N) is 2. The van der Waals surface area contributed by atoms with Crippen molar-refractivity contribution >= 4 is 33.0 Å². The maximum atomic E-state index is 12.7. The van der Waals surface area contributed by atoms with E-state index < -0.39 is 27.7 Å². The van der Waals surface area contributed by atoms with Crippen molar-refractivity contribution in [2.24, 2.45) is 0 Å². The summed E-state index contributed by atoms with van der Waals surface area (Å²) in [7, 11) is -4.04. The van der Waals surface area contributed by atoms with Gasteiger partial charge in [0, 0.05) is 11.6 Å².